The molecule has 5 heteroatoms. The standard InChI is InChI=1S/C9H7NO3S/c1-14(12,13)9-4-2-3-7(5-10)8(9)6-11/h2-4,6H,1H3. The molecule has 1 aromatic rings. The lowest BCUT2D eigenvalue weighted by Gasteiger charge is -2.02. The molecule has 0 aliphatic heterocycles. The van der Waals surface area contributed by atoms with Crippen molar-refractivity contribution in [2.75, 3.05) is 6.26 Å². The number of rotatable bonds is 2. The molecule has 0 amide bonds. The molecule has 0 saturated carbocycles. The lowest BCUT2D eigenvalue weighted by Crippen LogP contribution is -2.03. The first-order valence-corrected chi connectivity index (χ1v) is 5.58. The molecule has 14 heavy (non-hydrogen) atoms. The van der Waals surface area contributed by atoms with E-state index in [0.717, 1.165) is 6.26 Å². The summed E-state index contributed by atoms with van der Waals surface area (Å²) in [6.45, 7) is 0. The quantitative estimate of drug-likeness (QED) is 0.674. The largest absolute Gasteiger partial charge is 0.298 e. The lowest BCUT2D eigenvalue weighted by atomic mass is 10.1. The van der Waals surface area contributed by atoms with Gasteiger partial charge in [-0.2, -0.15) is 5.26 Å². The monoisotopic (exact) mass is 209 g/mol. The number of aldehydes is 1. The van der Waals surface area contributed by atoms with Gasteiger partial charge in [-0.05, 0) is 12.1 Å². The van der Waals surface area contributed by atoms with Gasteiger partial charge in [0.1, 0.15) is 0 Å². The molecule has 0 aliphatic rings. The van der Waals surface area contributed by atoms with Crippen molar-refractivity contribution < 1.29 is 13.2 Å². The summed E-state index contributed by atoms with van der Waals surface area (Å²) in [4.78, 5) is 10.5. The summed E-state index contributed by atoms with van der Waals surface area (Å²) in [6, 6.07) is 5.90. The minimum Gasteiger partial charge on any atom is -0.298 e. The highest BCUT2D eigenvalue weighted by Gasteiger charge is 2.15. The maximum atomic E-state index is 11.2. The number of carbonyl (C=O) groups excluding carboxylic acids is 1. The number of hydrogen-bond acceptors (Lipinski definition) is 4. The number of nitriles is 1. The minimum atomic E-state index is -3.46. The van der Waals surface area contributed by atoms with Crippen LogP contribution in [0, 0.1) is 11.3 Å². The third-order valence-corrected chi connectivity index (χ3v) is 2.86. The second-order valence-electron chi connectivity index (χ2n) is 2.72. The Morgan fingerprint density at radius 2 is 2.07 bits per heavy atom. The molecule has 4 nitrogen and oxygen atoms in total. The van der Waals surface area contributed by atoms with Gasteiger partial charge in [-0.1, -0.05) is 6.07 Å². The summed E-state index contributed by atoms with van der Waals surface area (Å²) >= 11 is 0. The maximum Gasteiger partial charge on any atom is 0.176 e. The highest BCUT2D eigenvalue weighted by atomic mass is 32.2. The van der Waals surface area contributed by atoms with Gasteiger partial charge in [0.05, 0.1) is 22.1 Å². The van der Waals surface area contributed by atoms with Gasteiger partial charge in [0.15, 0.2) is 16.1 Å². The van der Waals surface area contributed by atoms with E-state index < -0.39 is 9.84 Å². The van der Waals surface area contributed by atoms with Gasteiger partial charge < -0.3 is 0 Å². The Kier molecular flexibility index (Phi) is 2.68. The topological polar surface area (TPSA) is 75.0 Å². The zero-order valence-corrected chi connectivity index (χ0v) is 8.21. The van der Waals surface area contributed by atoms with Crippen molar-refractivity contribution in [2.24, 2.45) is 0 Å². The second-order valence-corrected chi connectivity index (χ2v) is 4.70. The molecule has 0 aromatic heterocycles. The van der Waals surface area contributed by atoms with Gasteiger partial charge in [0.2, 0.25) is 0 Å². The van der Waals surface area contributed by atoms with Crippen LogP contribution in [-0.4, -0.2) is 21.0 Å². The zero-order valence-electron chi connectivity index (χ0n) is 7.39. The van der Waals surface area contributed by atoms with Crippen molar-refractivity contribution in [3.63, 3.8) is 0 Å². The van der Waals surface area contributed by atoms with E-state index in [0.29, 0.717) is 6.29 Å². The molecule has 0 unspecified atom stereocenters. The molecule has 1 aromatic carbocycles. The van der Waals surface area contributed by atoms with Gasteiger partial charge in [-0.15, -0.1) is 0 Å². The predicted molar refractivity (Wildman–Crippen MR) is 49.7 cm³/mol. The normalized spacial score (nSPS) is 10.6. The Bertz CT molecular complexity index is 511. The molecule has 0 saturated heterocycles. The van der Waals surface area contributed by atoms with E-state index in [4.69, 9.17) is 5.26 Å². The fraction of sp³-hybridized carbons (Fsp3) is 0.111. The van der Waals surface area contributed by atoms with E-state index in [1.54, 1.807) is 6.07 Å². The van der Waals surface area contributed by atoms with Gasteiger partial charge in [-0.25, -0.2) is 8.42 Å². The summed E-state index contributed by atoms with van der Waals surface area (Å²) in [5.41, 5.74) is 0.000394. The first kappa shape index (κ1) is 10.4. The highest BCUT2D eigenvalue weighted by molar-refractivity contribution is 7.90. The van der Waals surface area contributed by atoms with Crippen molar-refractivity contribution in [2.45, 2.75) is 4.90 Å². The third kappa shape index (κ3) is 1.80. The first-order valence-electron chi connectivity index (χ1n) is 3.69. The maximum absolute atomic E-state index is 11.2. The molecule has 0 fully saturated rings. The van der Waals surface area contributed by atoms with Crippen molar-refractivity contribution >= 4 is 16.1 Å². The summed E-state index contributed by atoms with van der Waals surface area (Å²) in [5, 5.41) is 8.64. The van der Waals surface area contributed by atoms with E-state index in [-0.39, 0.29) is 16.0 Å². The van der Waals surface area contributed by atoms with E-state index in [1.807, 2.05) is 0 Å². The molecule has 0 bridgehead atoms. The van der Waals surface area contributed by atoms with Gasteiger partial charge in [0.25, 0.3) is 0 Å². The van der Waals surface area contributed by atoms with Gasteiger partial charge >= 0.3 is 0 Å². The van der Waals surface area contributed by atoms with Crippen LogP contribution in [0.25, 0.3) is 0 Å². The second kappa shape index (κ2) is 3.60. The molecule has 0 spiro atoms. The van der Waals surface area contributed by atoms with Crippen LogP contribution in [0.4, 0.5) is 0 Å². The van der Waals surface area contributed by atoms with Gasteiger partial charge in [-0.3, -0.25) is 4.79 Å². The zero-order chi connectivity index (χ0) is 10.8. The molecule has 0 heterocycles. The molecular weight excluding hydrogens is 202 g/mol. The number of carbonyl (C=O) groups is 1. The highest BCUT2D eigenvalue weighted by Crippen LogP contribution is 2.17. The summed E-state index contributed by atoms with van der Waals surface area (Å²) in [6.07, 6.45) is 1.38. The Morgan fingerprint density at radius 3 is 2.50 bits per heavy atom. The van der Waals surface area contributed by atoms with Crippen molar-refractivity contribution in [1.82, 2.24) is 0 Å². The number of hydrogen-bond donors (Lipinski definition) is 0. The van der Waals surface area contributed by atoms with Crippen molar-refractivity contribution in [3.8, 4) is 6.07 Å². The van der Waals surface area contributed by atoms with Crippen LogP contribution >= 0.6 is 0 Å². The van der Waals surface area contributed by atoms with Crippen LogP contribution < -0.4 is 0 Å². The Labute approximate surface area is 81.7 Å². The van der Waals surface area contributed by atoms with Crippen LogP contribution in [-0.2, 0) is 9.84 Å². The number of benzene rings is 1. The average molecular weight is 209 g/mol. The van der Waals surface area contributed by atoms with Crippen LogP contribution in [0.1, 0.15) is 15.9 Å². The Morgan fingerprint density at radius 1 is 1.43 bits per heavy atom. The first-order chi connectivity index (χ1) is 6.50. The molecular formula is C9H7NO3S. The molecule has 72 valence electrons. The summed E-state index contributed by atoms with van der Waals surface area (Å²) in [7, 11) is -3.46. The van der Waals surface area contributed by atoms with E-state index in [2.05, 4.69) is 0 Å². The fourth-order valence-electron chi connectivity index (χ4n) is 1.09. The summed E-state index contributed by atoms with van der Waals surface area (Å²) in [5.74, 6) is 0. The molecule has 0 N–H and O–H groups in total. The molecule has 1 rings (SSSR count). The number of sulfone groups is 1. The molecule has 0 atom stereocenters. The van der Waals surface area contributed by atoms with E-state index in [9.17, 15) is 13.2 Å². The van der Waals surface area contributed by atoms with Gasteiger partial charge in [0, 0.05) is 6.26 Å². The average Bonchev–Trinajstić information content (AvgIpc) is 2.15. The summed E-state index contributed by atoms with van der Waals surface area (Å²) < 4.78 is 22.4. The van der Waals surface area contributed by atoms with E-state index in [1.165, 1.54) is 18.2 Å². The Hall–Kier alpha value is -1.67. The van der Waals surface area contributed by atoms with Crippen LogP contribution in [0.15, 0.2) is 23.1 Å². The van der Waals surface area contributed by atoms with Crippen LogP contribution in [0.5, 0.6) is 0 Å². The van der Waals surface area contributed by atoms with Crippen molar-refractivity contribution in [3.05, 3.63) is 29.3 Å². The predicted octanol–water partition coefficient (Wildman–Crippen LogP) is 0.774. The Balaban J connectivity index is 3.63. The van der Waals surface area contributed by atoms with Crippen LogP contribution in [0.3, 0.4) is 0 Å². The smallest absolute Gasteiger partial charge is 0.176 e. The van der Waals surface area contributed by atoms with Crippen molar-refractivity contribution in [1.29, 1.82) is 5.26 Å². The van der Waals surface area contributed by atoms with Crippen LogP contribution in [0.2, 0.25) is 0 Å². The lowest BCUT2D eigenvalue weighted by molar-refractivity contribution is 0.112. The molecule has 0 aliphatic carbocycles. The number of nitrogens with zero attached hydrogens (tertiary/aromatic N) is 1. The SMILES string of the molecule is CS(=O)(=O)c1cccc(C#N)c1C=O. The molecule has 0 radical (unpaired) electrons. The third-order valence-electron chi connectivity index (χ3n) is 1.70. The van der Waals surface area contributed by atoms with E-state index >= 15 is 0 Å². The minimum absolute atomic E-state index is 0.0718. The fourth-order valence-corrected chi connectivity index (χ4v) is 1.97.